The summed E-state index contributed by atoms with van der Waals surface area (Å²) in [5.74, 6) is 0. The molecule has 2 nitrogen and oxygen atoms in total. The fourth-order valence-electron chi connectivity index (χ4n) is 2.23. The van der Waals surface area contributed by atoms with Crippen molar-refractivity contribution in [3.05, 3.63) is 35.4 Å². The Bertz CT molecular complexity index is 362. The Morgan fingerprint density at radius 3 is 2.25 bits per heavy atom. The van der Waals surface area contributed by atoms with Gasteiger partial charge >= 0.3 is 0 Å². The number of benzene rings is 1. The third-order valence-electron chi connectivity index (χ3n) is 3.45. The topological polar surface area (TPSA) is 15.3 Å². The molecule has 0 saturated heterocycles. The second-order valence-electron chi connectivity index (χ2n) is 6.96. The zero-order valence-electron chi connectivity index (χ0n) is 14.0. The molecule has 1 aromatic rings. The molecule has 0 atom stereocenters. The van der Waals surface area contributed by atoms with Crippen LogP contribution in [0.5, 0.6) is 0 Å². The van der Waals surface area contributed by atoms with Crippen LogP contribution in [0.2, 0.25) is 0 Å². The first kappa shape index (κ1) is 17.2. The minimum Gasteiger partial charge on any atom is -0.312 e. The van der Waals surface area contributed by atoms with Crippen molar-refractivity contribution in [2.75, 3.05) is 20.1 Å². The van der Waals surface area contributed by atoms with Gasteiger partial charge in [-0.15, -0.1) is 0 Å². The van der Waals surface area contributed by atoms with Crippen LogP contribution in [0.25, 0.3) is 0 Å². The van der Waals surface area contributed by atoms with Gasteiger partial charge in [0.2, 0.25) is 0 Å². The van der Waals surface area contributed by atoms with Crippen LogP contribution < -0.4 is 5.32 Å². The lowest BCUT2D eigenvalue weighted by Gasteiger charge is -2.20. The van der Waals surface area contributed by atoms with E-state index in [2.05, 4.69) is 69.2 Å². The van der Waals surface area contributed by atoms with E-state index >= 15 is 0 Å². The lowest BCUT2D eigenvalue weighted by molar-refractivity contribution is 0.315. The molecule has 0 spiro atoms. The van der Waals surface area contributed by atoms with Crippen LogP contribution in [0.4, 0.5) is 0 Å². The predicted octanol–water partition coefficient (Wildman–Crippen LogP) is 3.99. The molecule has 0 aliphatic carbocycles. The maximum Gasteiger partial charge on any atom is 0.0230 e. The average molecular weight is 276 g/mol. The van der Waals surface area contributed by atoms with Crippen LogP contribution >= 0.6 is 0 Å². The van der Waals surface area contributed by atoms with E-state index in [0.717, 1.165) is 13.1 Å². The first-order valence-electron chi connectivity index (χ1n) is 7.86. The Morgan fingerprint density at radius 2 is 1.65 bits per heavy atom. The summed E-state index contributed by atoms with van der Waals surface area (Å²) in [4.78, 5) is 2.42. The van der Waals surface area contributed by atoms with Gasteiger partial charge < -0.3 is 10.2 Å². The van der Waals surface area contributed by atoms with Crippen LogP contribution in [0.3, 0.4) is 0 Å². The monoisotopic (exact) mass is 276 g/mol. The van der Waals surface area contributed by atoms with E-state index in [1.54, 1.807) is 0 Å². The standard InChI is InChI=1S/C18H32N2/c1-16-9-11-17(12-10-16)15-20(5)14-8-6-7-13-19-18(2,3)4/h9-12,19H,6-8,13-15H2,1-5H3. The van der Waals surface area contributed by atoms with Crippen LogP contribution in [0, 0.1) is 6.92 Å². The van der Waals surface area contributed by atoms with Crippen molar-refractivity contribution in [2.24, 2.45) is 0 Å². The number of hydrogen-bond acceptors (Lipinski definition) is 2. The lowest BCUT2D eigenvalue weighted by atomic mass is 10.1. The normalized spacial score (nSPS) is 12.1. The molecule has 0 heterocycles. The number of hydrogen-bond donors (Lipinski definition) is 1. The van der Waals surface area contributed by atoms with Crippen LogP contribution in [-0.2, 0) is 6.54 Å². The number of unbranched alkanes of at least 4 members (excludes halogenated alkanes) is 2. The van der Waals surface area contributed by atoms with Crippen LogP contribution in [0.1, 0.15) is 51.2 Å². The van der Waals surface area contributed by atoms with E-state index in [4.69, 9.17) is 0 Å². The molecule has 1 N–H and O–H groups in total. The fraction of sp³-hybridized carbons (Fsp3) is 0.667. The van der Waals surface area contributed by atoms with E-state index in [1.165, 1.54) is 36.9 Å². The van der Waals surface area contributed by atoms with E-state index in [0.29, 0.717) is 0 Å². The summed E-state index contributed by atoms with van der Waals surface area (Å²) in [6.45, 7) is 12.2. The third-order valence-corrected chi connectivity index (χ3v) is 3.45. The highest BCUT2D eigenvalue weighted by Crippen LogP contribution is 2.07. The van der Waals surface area contributed by atoms with Gasteiger partial charge in [0, 0.05) is 12.1 Å². The molecule has 2 heteroatoms. The molecule has 0 unspecified atom stereocenters. The lowest BCUT2D eigenvalue weighted by Crippen LogP contribution is -2.36. The van der Waals surface area contributed by atoms with Crippen molar-refractivity contribution in [3.8, 4) is 0 Å². The van der Waals surface area contributed by atoms with Crippen molar-refractivity contribution < 1.29 is 0 Å². The van der Waals surface area contributed by atoms with E-state index in [9.17, 15) is 0 Å². The summed E-state index contributed by atoms with van der Waals surface area (Å²) >= 11 is 0. The Morgan fingerprint density at radius 1 is 1.00 bits per heavy atom. The van der Waals surface area contributed by atoms with Crippen LogP contribution in [-0.4, -0.2) is 30.6 Å². The number of aryl methyl sites for hydroxylation is 1. The molecule has 114 valence electrons. The summed E-state index contributed by atoms with van der Waals surface area (Å²) in [5, 5.41) is 3.54. The molecular weight excluding hydrogens is 244 g/mol. The molecule has 1 aromatic carbocycles. The van der Waals surface area contributed by atoms with Gasteiger partial charge in [0.05, 0.1) is 0 Å². The molecule has 0 aliphatic heterocycles. The molecular formula is C18H32N2. The third kappa shape index (κ3) is 8.34. The zero-order valence-corrected chi connectivity index (χ0v) is 14.0. The molecule has 0 aromatic heterocycles. The van der Waals surface area contributed by atoms with Crippen molar-refractivity contribution in [1.29, 1.82) is 0 Å². The van der Waals surface area contributed by atoms with Gasteiger partial charge in [-0.3, -0.25) is 0 Å². The van der Waals surface area contributed by atoms with Gasteiger partial charge in [0.25, 0.3) is 0 Å². The number of rotatable bonds is 8. The molecule has 0 radical (unpaired) electrons. The molecule has 1 rings (SSSR count). The fourth-order valence-corrected chi connectivity index (χ4v) is 2.23. The van der Waals surface area contributed by atoms with E-state index < -0.39 is 0 Å². The molecule has 0 amide bonds. The quantitative estimate of drug-likeness (QED) is 0.722. The highest BCUT2D eigenvalue weighted by Gasteiger charge is 2.07. The van der Waals surface area contributed by atoms with Crippen molar-refractivity contribution in [2.45, 2.75) is 59.0 Å². The summed E-state index contributed by atoms with van der Waals surface area (Å²) in [6, 6.07) is 8.86. The number of nitrogens with zero attached hydrogens (tertiary/aromatic N) is 1. The zero-order chi connectivity index (χ0) is 15.0. The summed E-state index contributed by atoms with van der Waals surface area (Å²) in [6.07, 6.45) is 3.87. The average Bonchev–Trinajstić information content (AvgIpc) is 2.35. The predicted molar refractivity (Wildman–Crippen MR) is 89.1 cm³/mol. The minimum absolute atomic E-state index is 0.252. The van der Waals surface area contributed by atoms with Gasteiger partial charge in [-0.05, 0) is 66.2 Å². The molecule has 0 aliphatic rings. The second-order valence-corrected chi connectivity index (χ2v) is 6.96. The van der Waals surface area contributed by atoms with Crippen molar-refractivity contribution in [3.63, 3.8) is 0 Å². The van der Waals surface area contributed by atoms with E-state index in [1.807, 2.05) is 0 Å². The largest absolute Gasteiger partial charge is 0.312 e. The minimum atomic E-state index is 0.252. The Labute approximate surface area is 125 Å². The summed E-state index contributed by atoms with van der Waals surface area (Å²) in [5.41, 5.74) is 3.00. The molecule has 20 heavy (non-hydrogen) atoms. The smallest absolute Gasteiger partial charge is 0.0230 e. The molecule has 0 bridgehead atoms. The van der Waals surface area contributed by atoms with Gasteiger partial charge in [0.15, 0.2) is 0 Å². The van der Waals surface area contributed by atoms with Gasteiger partial charge in [-0.1, -0.05) is 36.2 Å². The van der Waals surface area contributed by atoms with Gasteiger partial charge in [0.1, 0.15) is 0 Å². The number of nitrogens with one attached hydrogen (secondary N) is 1. The second kappa shape index (κ2) is 8.43. The van der Waals surface area contributed by atoms with Crippen molar-refractivity contribution >= 4 is 0 Å². The first-order valence-corrected chi connectivity index (χ1v) is 7.86. The highest BCUT2D eigenvalue weighted by molar-refractivity contribution is 5.21. The molecule has 0 fully saturated rings. The maximum atomic E-state index is 3.54. The van der Waals surface area contributed by atoms with Gasteiger partial charge in [-0.2, -0.15) is 0 Å². The maximum absolute atomic E-state index is 3.54. The van der Waals surface area contributed by atoms with Crippen LogP contribution in [0.15, 0.2) is 24.3 Å². The Hall–Kier alpha value is -0.860. The highest BCUT2D eigenvalue weighted by atomic mass is 15.1. The summed E-state index contributed by atoms with van der Waals surface area (Å²) in [7, 11) is 2.22. The summed E-state index contributed by atoms with van der Waals surface area (Å²) < 4.78 is 0. The molecule has 0 saturated carbocycles. The van der Waals surface area contributed by atoms with E-state index in [-0.39, 0.29) is 5.54 Å². The van der Waals surface area contributed by atoms with Crippen molar-refractivity contribution in [1.82, 2.24) is 10.2 Å². The Kier molecular flexibility index (Phi) is 7.25. The first-order chi connectivity index (χ1) is 9.37. The Balaban J connectivity index is 2.08. The van der Waals surface area contributed by atoms with Gasteiger partial charge in [-0.25, -0.2) is 0 Å². The SMILES string of the molecule is Cc1ccc(CN(C)CCCCCNC(C)(C)C)cc1.